The number of nitrogens with zero attached hydrogens (tertiary/aromatic N) is 2. The number of amides is 3. The fraction of sp³-hybridized carbons (Fsp3) is 0.609. The number of rotatable bonds is 4. The van der Waals surface area contributed by atoms with E-state index in [4.69, 9.17) is 0 Å². The third-order valence-corrected chi connectivity index (χ3v) is 6.67. The lowest BCUT2D eigenvalue weighted by molar-refractivity contribution is -0.139. The van der Waals surface area contributed by atoms with E-state index in [0.717, 1.165) is 38.5 Å². The molecule has 2 atom stereocenters. The highest BCUT2D eigenvalue weighted by Crippen LogP contribution is 2.29. The van der Waals surface area contributed by atoms with Crippen molar-refractivity contribution in [1.29, 1.82) is 0 Å². The molecule has 3 fully saturated rings. The molecule has 1 saturated carbocycles. The van der Waals surface area contributed by atoms with Crippen LogP contribution in [0.3, 0.4) is 0 Å². The molecule has 2 unspecified atom stereocenters. The molecule has 2 heterocycles. The van der Waals surface area contributed by atoms with Gasteiger partial charge < -0.3 is 15.1 Å². The second kappa shape index (κ2) is 9.14. The molecule has 0 aromatic heterocycles. The normalized spacial score (nSPS) is 25.4. The van der Waals surface area contributed by atoms with Crippen LogP contribution in [0.4, 0.5) is 10.1 Å². The molecule has 2 saturated heterocycles. The van der Waals surface area contributed by atoms with Gasteiger partial charge in [0.05, 0.1) is 17.5 Å². The van der Waals surface area contributed by atoms with E-state index in [1.165, 1.54) is 17.4 Å². The predicted molar refractivity (Wildman–Crippen MR) is 111 cm³/mol. The van der Waals surface area contributed by atoms with Crippen LogP contribution in [0.2, 0.25) is 0 Å². The number of carbonyl (C=O) groups is 3. The summed E-state index contributed by atoms with van der Waals surface area (Å²) < 4.78 is 14.1. The Balaban J connectivity index is 1.35. The summed E-state index contributed by atoms with van der Waals surface area (Å²) in [6.45, 7) is 1.20. The van der Waals surface area contributed by atoms with E-state index in [2.05, 4.69) is 5.32 Å². The quantitative estimate of drug-likeness (QED) is 0.822. The van der Waals surface area contributed by atoms with Gasteiger partial charge in [-0.15, -0.1) is 0 Å². The minimum atomic E-state index is -0.489. The second-order valence-corrected chi connectivity index (χ2v) is 8.82. The zero-order chi connectivity index (χ0) is 21.1. The van der Waals surface area contributed by atoms with Crippen molar-refractivity contribution in [3.8, 4) is 0 Å². The highest BCUT2D eigenvalue weighted by Gasteiger charge is 2.40. The molecule has 1 aromatic carbocycles. The van der Waals surface area contributed by atoms with Gasteiger partial charge >= 0.3 is 0 Å². The number of para-hydroxylation sites is 1. The highest BCUT2D eigenvalue weighted by molar-refractivity contribution is 6.00. The zero-order valence-corrected chi connectivity index (χ0v) is 17.3. The molecule has 7 heteroatoms. The minimum Gasteiger partial charge on any atom is -0.353 e. The van der Waals surface area contributed by atoms with Crippen molar-refractivity contribution >= 4 is 23.4 Å². The summed E-state index contributed by atoms with van der Waals surface area (Å²) in [6, 6.07) is 6.40. The fourth-order valence-electron chi connectivity index (χ4n) is 4.99. The molecule has 1 aromatic rings. The zero-order valence-electron chi connectivity index (χ0n) is 17.3. The molecular formula is C23H30FN3O3. The monoisotopic (exact) mass is 415 g/mol. The van der Waals surface area contributed by atoms with Crippen molar-refractivity contribution in [3.05, 3.63) is 30.1 Å². The number of likely N-dealkylation sites (tertiary alicyclic amines) is 1. The molecule has 162 valence electrons. The molecular weight excluding hydrogens is 385 g/mol. The number of benzene rings is 1. The molecule has 1 aliphatic carbocycles. The van der Waals surface area contributed by atoms with Crippen LogP contribution in [0.5, 0.6) is 0 Å². The highest BCUT2D eigenvalue weighted by atomic mass is 19.1. The van der Waals surface area contributed by atoms with Crippen molar-refractivity contribution < 1.29 is 18.8 Å². The van der Waals surface area contributed by atoms with Crippen molar-refractivity contribution in [1.82, 2.24) is 10.2 Å². The van der Waals surface area contributed by atoms with Gasteiger partial charge in [-0.1, -0.05) is 31.4 Å². The average molecular weight is 416 g/mol. The predicted octanol–water partition coefficient (Wildman–Crippen LogP) is 2.87. The van der Waals surface area contributed by atoms with Gasteiger partial charge in [-0.25, -0.2) is 4.39 Å². The summed E-state index contributed by atoms with van der Waals surface area (Å²) in [5.41, 5.74) is 0.223. The first-order valence-electron chi connectivity index (χ1n) is 11.2. The second-order valence-electron chi connectivity index (χ2n) is 8.82. The first kappa shape index (κ1) is 20.8. The molecule has 1 N–H and O–H groups in total. The lowest BCUT2D eigenvalue weighted by atomic mass is 9.92. The largest absolute Gasteiger partial charge is 0.353 e. The Bertz CT molecular complexity index is 809. The number of hydrogen-bond acceptors (Lipinski definition) is 3. The van der Waals surface area contributed by atoms with Crippen molar-refractivity contribution in [3.63, 3.8) is 0 Å². The maximum atomic E-state index is 14.1. The van der Waals surface area contributed by atoms with E-state index < -0.39 is 11.7 Å². The Morgan fingerprint density at radius 3 is 2.50 bits per heavy atom. The van der Waals surface area contributed by atoms with Crippen LogP contribution in [0, 0.1) is 17.7 Å². The van der Waals surface area contributed by atoms with Crippen LogP contribution in [0.25, 0.3) is 0 Å². The van der Waals surface area contributed by atoms with E-state index >= 15 is 0 Å². The average Bonchev–Trinajstić information content (AvgIpc) is 3.15. The Morgan fingerprint density at radius 1 is 0.967 bits per heavy atom. The number of anilines is 1. The third-order valence-electron chi connectivity index (χ3n) is 6.67. The number of piperidine rings is 1. The van der Waals surface area contributed by atoms with Gasteiger partial charge in [0.15, 0.2) is 0 Å². The van der Waals surface area contributed by atoms with Gasteiger partial charge in [0.25, 0.3) is 0 Å². The summed E-state index contributed by atoms with van der Waals surface area (Å²) >= 11 is 0. The van der Waals surface area contributed by atoms with Gasteiger partial charge in [-0.3, -0.25) is 14.4 Å². The van der Waals surface area contributed by atoms with Crippen LogP contribution in [0.1, 0.15) is 51.4 Å². The van der Waals surface area contributed by atoms with E-state index in [9.17, 15) is 18.8 Å². The molecule has 4 rings (SSSR count). The topological polar surface area (TPSA) is 69.7 Å². The van der Waals surface area contributed by atoms with Crippen LogP contribution < -0.4 is 10.2 Å². The van der Waals surface area contributed by atoms with Crippen LogP contribution in [-0.2, 0) is 14.4 Å². The molecule has 30 heavy (non-hydrogen) atoms. The minimum absolute atomic E-state index is 0.0508. The summed E-state index contributed by atoms with van der Waals surface area (Å²) in [4.78, 5) is 41.4. The van der Waals surface area contributed by atoms with Crippen LogP contribution >= 0.6 is 0 Å². The Kier molecular flexibility index (Phi) is 6.35. The molecule has 2 aliphatic heterocycles. The lowest BCUT2D eigenvalue weighted by Gasteiger charge is -2.34. The van der Waals surface area contributed by atoms with Gasteiger partial charge in [-0.2, -0.15) is 0 Å². The molecule has 6 nitrogen and oxygen atoms in total. The first-order chi connectivity index (χ1) is 14.5. The van der Waals surface area contributed by atoms with Crippen molar-refractivity contribution in [2.45, 2.75) is 57.4 Å². The maximum absolute atomic E-state index is 14.1. The van der Waals surface area contributed by atoms with Crippen LogP contribution in [0.15, 0.2) is 24.3 Å². The third kappa shape index (κ3) is 4.50. The molecule has 3 amide bonds. The van der Waals surface area contributed by atoms with Crippen LogP contribution in [-0.4, -0.2) is 48.3 Å². The molecule has 0 spiro atoms. The number of halogens is 1. The standard InChI is InChI=1S/C23H30FN3O3/c24-19-10-4-5-11-20(19)27-15-17(13-21(27)28)23(30)26-12-6-7-16(14-26)22(29)25-18-8-2-1-3-9-18/h4-5,10-11,16-18H,1-3,6-9,12-15H2,(H,25,29). The Labute approximate surface area is 176 Å². The van der Waals surface area contributed by atoms with Gasteiger partial charge in [0.2, 0.25) is 17.7 Å². The Morgan fingerprint density at radius 2 is 1.73 bits per heavy atom. The SMILES string of the molecule is O=C(NC1CCCCC1)C1CCCN(C(=O)C2CC(=O)N(c3ccccc3F)C2)C1. The maximum Gasteiger partial charge on any atom is 0.228 e. The Hall–Kier alpha value is -2.44. The summed E-state index contributed by atoms with van der Waals surface area (Å²) in [7, 11) is 0. The summed E-state index contributed by atoms with van der Waals surface area (Å²) in [5.74, 6) is -1.42. The first-order valence-corrected chi connectivity index (χ1v) is 11.2. The molecule has 0 radical (unpaired) electrons. The smallest absolute Gasteiger partial charge is 0.228 e. The van der Waals surface area contributed by atoms with Gasteiger partial charge in [0.1, 0.15) is 5.82 Å². The summed E-state index contributed by atoms with van der Waals surface area (Å²) in [6.07, 6.45) is 7.29. The van der Waals surface area contributed by atoms with E-state index in [1.807, 2.05) is 0 Å². The number of carbonyl (C=O) groups excluding carboxylic acids is 3. The molecule has 3 aliphatic rings. The van der Waals surface area contributed by atoms with Crippen molar-refractivity contribution in [2.24, 2.45) is 11.8 Å². The summed E-state index contributed by atoms with van der Waals surface area (Å²) in [5, 5.41) is 3.18. The van der Waals surface area contributed by atoms with Gasteiger partial charge in [0, 0.05) is 32.1 Å². The number of hydrogen-bond donors (Lipinski definition) is 1. The van der Waals surface area contributed by atoms with E-state index in [0.29, 0.717) is 13.1 Å². The van der Waals surface area contributed by atoms with Gasteiger partial charge in [-0.05, 0) is 37.8 Å². The van der Waals surface area contributed by atoms with E-state index in [-0.39, 0.29) is 48.3 Å². The fourth-order valence-corrected chi connectivity index (χ4v) is 4.99. The molecule has 0 bridgehead atoms. The van der Waals surface area contributed by atoms with Crippen molar-refractivity contribution in [2.75, 3.05) is 24.5 Å². The lowest BCUT2D eigenvalue weighted by Crippen LogP contribution is -2.49. The number of nitrogens with one attached hydrogen (secondary N) is 1. The van der Waals surface area contributed by atoms with E-state index in [1.54, 1.807) is 23.1 Å².